The van der Waals surface area contributed by atoms with Crippen LogP contribution in [0.15, 0.2) is 24.3 Å². The molecule has 0 aliphatic rings. The minimum Gasteiger partial charge on any atom is -0.496 e. The second kappa shape index (κ2) is 5.08. The van der Waals surface area contributed by atoms with Crippen LogP contribution in [0.2, 0.25) is 0 Å². The molecule has 0 atom stereocenters. The Bertz CT molecular complexity index is 396. The molecule has 1 aromatic rings. The quantitative estimate of drug-likeness (QED) is 0.879. The van der Waals surface area contributed by atoms with Gasteiger partial charge in [0.1, 0.15) is 5.75 Å². The second-order valence-corrected chi connectivity index (χ2v) is 4.85. The molecule has 1 rings (SSSR count). The lowest BCUT2D eigenvalue weighted by atomic mass is 10.0. The molecule has 0 aliphatic carbocycles. The number of amides is 1. The monoisotopic (exact) mass is 237 g/mol. The molecule has 4 heteroatoms. The maximum atomic E-state index is 11.2. The van der Waals surface area contributed by atoms with E-state index in [2.05, 4.69) is 0 Å². The molecule has 1 N–H and O–H groups in total. The van der Waals surface area contributed by atoms with Crippen molar-refractivity contribution < 1.29 is 14.6 Å². The summed E-state index contributed by atoms with van der Waals surface area (Å²) >= 11 is 0. The lowest BCUT2D eigenvalue weighted by molar-refractivity contribution is 0.0950. The molecule has 94 valence electrons. The smallest absolute Gasteiger partial charge is 0.408 e. The molecule has 0 heterocycles. The van der Waals surface area contributed by atoms with Crippen LogP contribution in [-0.2, 0) is 6.54 Å². The Morgan fingerprint density at radius 1 is 1.35 bits per heavy atom. The third-order valence-electron chi connectivity index (χ3n) is 2.56. The van der Waals surface area contributed by atoms with Crippen LogP contribution in [0.4, 0.5) is 4.79 Å². The number of methoxy groups -OCH3 is 1. The van der Waals surface area contributed by atoms with E-state index in [1.165, 1.54) is 4.90 Å². The number of para-hydroxylation sites is 1. The molecular weight excluding hydrogens is 218 g/mol. The maximum absolute atomic E-state index is 11.2. The fourth-order valence-electron chi connectivity index (χ4n) is 1.60. The van der Waals surface area contributed by atoms with E-state index in [-0.39, 0.29) is 0 Å². The normalized spacial score (nSPS) is 11.1. The SMILES string of the molecule is COc1ccccc1CN(C(=O)O)C(C)(C)C. The molecule has 0 spiro atoms. The molecule has 0 saturated carbocycles. The van der Waals surface area contributed by atoms with E-state index in [1.54, 1.807) is 7.11 Å². The van der Waals surface area contributed by atoms with Gasteiger partial charge in [0, 0.05) is 11.1 Å². The van der Waals surface area contributed by atoms with Crippen LogP contribution in [0.1, 0.15) is 26.3 Å². The summed E-state index contributed by atoms with van der Waals surface area (Å²) in [5.74, 6) is 0.711. The molecular formula is C13H19NO3. The molecule has 0 bridgehead atoms. The number of hydrogen-bond donors (Lipinski definition) is 1. The van der Waals surface area contributed by atoms with Gasteiger partial charge in [-0.2, -0.15) is 0 Å². The number of carboxylic acid groups (broad SMARTS) is 1. The summed E-state index contributed by atoms with van der Waals surface area (Å²) in [4.78, 5) is 12.6. The largest absolute Gasteiger partial charge is 0.496 e. The average molecular weight is 237 g/mol. The number of rotatable bonds is 3. The topological polar surface area (TPSA) is 49.8 Å². The maximum Gasteiger partial charge on any atom is 0.408 e. The van der Waals surface area contributed by atoms with Gasteiger partial charge in [-0.1, -0.05) is 18.2 Å². The van der Waals surface area contributed by atoms with Crippen molar-refractivity contribution in [3.8, 4) is 5.75 Å². The second-order valence-electron chi connectivity index (χ2n) is 4.85. The van der Waals surface area contributed by atoms with E-state index in [1.807, 2.05) is 45.0 Å². The molecule has 0 saturated heterocycles. The fraction of sp³-hybridized carbons (Fsp3) is 0.462. The standard InChI is InChI=1S/C13H19NO3/c1-13(2,3)14(12(15)16)9-10-7-5-6-8-11(10)17-4/h5-8H,9H2,1-4H3,(H,15,16). The van der Waals surface area contributed by atoms with Crippen LogP contribution >= 0.6 is 0 Å². The highest BCUT2D eigenvalue weighted by Gasteiger charge is 2.26. The molecule has 17 heavy (non-hydrogen) atoms. The van der Waals surface area contributed by atoms with Gasteiger partial charge in [0.25, 0.3) is 0 Å². The Morgan fingerprint density at radius 3 is 2.41 bits per heavy atom. The van der Waals surface area contributed by atoms with E-state index in [0.29, 0.717) is 12.3 Å². The highest BCUT2D eigenvalue weighted by atomic mass is 16.5. The number of benzene rings is 1. The van der Waals surface area contributed by atoms with E-state index in [0.717, 1.165) is 5.56 Å². The number of ether oxygens (including phenoxy) is 1. The van der Waals surface area contributed by atoms with Crippen molar-refractivity contribution >= 4 is 6.09 Å². The summed E-state index contributed by atoms with van der Waals surface area (Å²) in [5.41, 5.74) is 0.430. The van der Waals surface area contributed by atoms with Gasteiger partial charge in [0.05, 0.1) is 13.7 Å². The summed E-state index contributed by atoms with van der Waals surface area (Å²) < 4.78 is 5.22. The van der Waals surface area contributed by atoms with Gasteiger partial charge in [0.15, 0.2) is 0 Å². The van der Waals surface area contributed by atoms with Crippen molar-refractivity contribution in [2.75, 3.05) is 7.11 Å². The van der Waals surface area contributed by atoms with Crippen molar-refractivity contribution in [2.24, 2.45) is 0 Å². The Hall–Kier alpha value is -1.71. The first-order valence-electron chi connectivity index (χ1n) is 5.48. The van der Waals surface area contributed by atoms with Crippen molar-refractivity contribution in [2.45, 2.75) is 32.9 Å². The first-order chi connectivity index (χ1) is 7.86. The molecule has 1 amide bonds. The molecule has 0 fully saturated rings. The lowest BCUT2D eigenvalue weighted by Crippen LogP contribution is -2.44. The first kappa shape index (κ1) is 13.4. The Kier molecular flexibility index (Phi) is 3.99. The van der Waals surface area contributed by atoms with Crippen LogP contribution in [-0.4, -0.2) is 28.7 Å². The van der Waals surface area contributed by atoms with Gasteiger partial charge in [-0.05, 0) is 26.8 Å². The van der Waals surface area contributed by atoms with Crippen LogP contribution in [0.3, 0.4) is 0 Å². The van der Waals surface area contributed by atoms with E-state index in [9.17, 15) is 9.90 Å². The van der Waals surface area contributed by atoms with Gasteiger partial charge < -0.3 is 9.84 Å². The number of carbonyl (C=O) groups is 1. The highest BCUT2D eigenvalue weighted by Crippen LogP contribution is 2.23. The molecule has 0 aromatic heterocycles. The van der Waals surface area contributed by atoms with Gasteiger partial charge in [0.2, 0.25) is 0 Å². The van der Waals surface area contributed by atoms with Crippen LogP contribution < -0.4 is 4.74 Å². The molecule has 0 aliphatic heterocycles. The van der Waals surface area contributed by atoms with Gasteiger partial charge in [-0.15, -0.1) is 0 Å². The van der Waals surface area contributed by atoms with Crippen molar-refractivity contribution in [3.05, 3.63) is 29.8 Å². The minimum absolute atomic E-state index is 0.322. The summed E-state index contributed by atoms with van der Waals surface area (Å²) in [6.45, 7) is 5.94. The molecule has 1 aromatic carbocycles. The van der Waals surface area contributed by atoms with Crippen LogP contribution in [0.25, 0.3) is 0 Å². The predicted octanol–water partition coefficient (Wildman–Crippen LogP) is 2.97. The zero-order valence-electron chi connectivity index (χ0n) is 10.7. The van der Waals surface area contributed by atoms with Crippen LogP contribution in [0, 0.1) is 0 Å². The Labute approximate surface area is 102 Å². The Balaban J connectivity index is 2.98. The number of hydrogen-bond acceptors (Lipinski definition) is 2. The zero-order valence-corrected chi connectivity index (χ0v) is 10.7. The average Bonchev–Trinajstić information content (AvgIpc) is 2.24. The predicted molar refractivity (Wildman–Crippen MR) is 66.3 cm³/mol. The van der Waals surface area contributed by atoms with Crippen molar-refractivity contribution in [3.63, 3.8) is 0 Å². The van der Waals surface area contributed by atoms with Gasteiger partial charge >= 0.3 is 6.09 Å². The van der Waals surface area contributed by atoms with Gasteiger partial charge in [-0.25, -0.2) is 4.79 Å². The van der Waals surface area contributed by atoms with E-state index >= 15 is 0 Å². The fourth-order valence-corrected chi connectivity index (χ4v) is 1.60. The summed E-state index contributed by atoms with van der Waals surface area (Å²) in [5, 5.41) is 9.22. The molecule has 0 radical (unpaired) electrons. The van der Waals surface area contributed by atoms with Crippen LogP contribution in [0.5, 0.6) is 5.75 Å². The van der Waals surface area contributed by atoms with Crippen molar-refractivity contribution in [1.29, 1.82) is 0 Å². The van der Waals surface area contributed by atoms with E-state index < -0.39 is 11.6 Å². The zero-order chi connectivity index (χ0) is 13.1. The lowest BCUT2D eigenvalue weighted by Gasteiger charge is -2.33. The summed E-state index contributed by atoms with van der Waals surface area (Å²) in [6, 6.07) is 7.45. The van der Waals surface area contributed by atoms with Crippen molar-refractivity contribution in [1.82, 2.24) is 4.90 Å². The summed E-state index contributed by atoms with van der Waals surface area (Å²) in [6.07, 6.45) is -0.927. The Morgan fingerprint density at radius 2 is 1.94 bits per heavy atom. The first-order valence-corrected chi connectivity index (χ1v) is 5.48. The molecule has 0 unspecified atom stereocenters. The highest BCUT2D eigenvalue weighted by molar-refractivity contribution is 5.66. The minimum atomic E-state index is -0.927. The van der Waals surface area contributed by atoms with E-state index in [4.69, 9.17) is 4.74 Å². The third kappa shape index (κ3) is 3.37. The third-order valence-corrected chi connectivity index (χ3v) is 2.56. The number of nitrogens with zero attached hydrogens (tertiary/aromatic N) is 1. The summed E-state index contributed by atoms with van der Waals surface area (Å²) in [7, 11) is 1.58. The van der Waals surface area contributed by atoms with Gasteiger partial charge in [-0.3, -0.25) is 4.90 Å². The molecule has 4 nitrogen and oxygen atoms in total.